The quantitative estimate of drug-likeness (QED) is 0.286. The number of hydrogen-bond donors (Lipinski definition) is 0. The van der Waals surface area contributed by atoms with Gasteiger partial charge in [-0.05, 0) is 42.5 Å². The molecule has 0 fully saturated rings. The average Bonchev–Trinajstić information content (AvgIpc) is 3.61. The molecule has 0 bridgehead atoms. The molecule has 7 rings (SSSR count). The van der Waals surface area contributed by atoms with E-state index in [2.05, 4.69) is 9.97 Å². The van der Waals surface area contributed by atoms with Gasteiger partial charge in [-0.3, -0.25) is 0 Å². The SMILES string of the molecule is O=c1oc2ncccc2c2c3c4occc4c(F)cc3n(Cc3cc(-c4nccs4)ccc3F)c12. The van der Waals surface area contributed by atoms with Crippen LogP contribution in [0.25, 0.3) is 54.4 Å². The standard InChI is InChI=1S/C26H13F2N3O3S/c27-17-4-3-13(25-30-7-9-35-25)10-14(17)12-31-19-11-18(28)15-5-8-33-23(15)21(19)20-16-2-1-6-29-24(16)34-26(32)22(20)31/h1-11H,12H2. The zero-order valence-electron chi connectivity index (χ0n) is 17.8. The van der Waals surface area contributed by atoms with Crippen LogP contribution in [0, 0.1) is 11.6 Å². The van der Waals surface area contributed by atoms with E-state index in [1.807, 2.05) is 5.38 Å². The van der Waals surface area contributed by atoms with E-state index in [9.17, 15) is 4.79 Å². The molecule has 0 saturated heterocycles. The second kappa shape index (κ2) is 7.31. The van der Waals surface area contributed by atoms with E-state index in [1.165, 1.54) is 42.0 Å². The summed E-state index contributed by atoms with van der Waals surface area (Å²) in [5.41, 5.74) is 1.45. The van der Waals surface area contributed by atoms with E-state index in [-0.39, 0.29) is 17.8 Å². The number of aromatic nitrogens is 3. The molecular weight excluding hydrogens is 472 g/mol. The largest absolute Gasteiger partial charge is 0.463 e. The van der Waals surface area contributed by atoms with Crippen LogP contribution in [0.2, 0.25) is 0 Å². The molecule has 0 unspecified atom stereocenters. The highest BCUT2D eigenvalue weighted by Crippen LogP contribution is 2.39. The average molecular weight is 485 g/mol. The fraction of sp³-hybridized carbons (Fsp3) is 0.0385. The Bertz CT molecular complexity index is 1990. The maximum absolute atomic E-state index is 15.1. The number of benzene rings is 2. The first kappa shape index (κ1) is 20.0. The van der Waals surface area contributed by atoms with Crippen molar-refractivity contribution in [2.45, 2.75) is 6.54 Å². The molecule has 0 saturated carbocycles. The van der Waals surface area contributed by atoms with Crippen LogP contribution in [0.5, 0.6) is 0 Å². The second-order valence-corrected chi connectivity index (χ2v) is 9.01. The Morgan fingerprint density at radius 3 is 2.74 bits per heavy atom. The fourth-order valence-electron chi connectivity index (χ4n) is 4.71. The van der Waals surface area contributed by atoms with Crippen LogP contribution < -0.4 is 5.63 Å². The number of thiazole rings is 1. The number of furan rings is 1. The minimum atomic E-state index is -0.654. The summed E-state index contributed by atoms with van der Waals surface area (Å²) in [6.45, 7) is -0.0345. The van der Waals surface area contributed by atoms with Gasteiger partial charge in [0.15, 0.2) is 0 Å². The van der Waals surface area contributed by atoms with Crippen molar-refractivity contribution in [1.82, 2.24) is 14.5 Å². The van der Waals surface area contributed by atoms with Crippen LogP contribution >= 0.6 is 11.3 Å². The van der Waals surface area contributed by atoms with E-state index in [4.69, 9.17) is 8.83 Å². The number of rotatable bonds is 3. The third-order valence-electron chi connectivity index (χ3n) is 6.19. The second-order valence-electron chi connectivity index (χ2n) is 8.11. The van der Waals surface area contributed by atoms with Crippen molar-refractivity contribution < 1.29 is 17.6 Å². The molecule has 6 nitrogen and oxygen atoms in total. The Morgan fingerprint density at radius 2 is 1.89 bits per heavy atom. The third kappa shape index (κ3) is 2.88. The summed E-state index contributed by atoms with van der Waals surface area (Å²) in [4.78, 5) is 21.7. The van der Waals surface area contributed by atoms with Crippen molar-refractivity contribution in [3.63, 3.8) is 0 Å². The van der Waals surface area contributed by atoms with Crippen LogP contribution in [-0.2, 0) is 6.54 Å². The molecule has 7 aromatic rings. The molecule has 0 aliphatic carbocycles. The minimum Gasteiger partial charge on any atom is -0.463 e. The van der Waals surface area contributed by atoms with Crippen LogP contribution in [0.1, 0.15) is 5.56 Å². The van der Waals surface area contributed by atoms with Crippen molar-refractivity contribution >= 4 is 55.2 Å². The molecule has 0 radical (unpaired) electrons. The first-order chi connectivity index (χ1) is 17.1. The molecule has 35 heavy (non-hydrogen) atoms. The van der Waals surface area contributed by atoms with Crippen LogP contribution in [-0.4, -0.2) is 14.5 Å². The summed E-state index contributed by atoms with van der Waals surface area (Å²) in [6, 6.07) is 11.1. The van der Waals surface area contributed by atoms with E-state index in [0.29, 0.717) is 38.2 Å². The van der Waals surface area contributed by atoms with Crippen molar-refractivity contribution in [3.8, 4) is 10.6 Å². The molecule has 0 atom stereocenters. The van der Waals surface area contributed by atoms with Crippen LogP contribution in [0.4, 0.5) is 8.78 Å². The minimum absolute atomic E-state index is 0.0345. The molecule has 0 amide bonds. The van der Waals surface area contributed by atoms with Crippen molar-refractivity contribution in [3.05, 3.63) is 94.1 Å². The first-order valence-electron chi connectivity index (χ1n) is 10.7. The zero-order chi connectivity index (χ0) is 23.7. The molecule has 0 aliphatic rings. The maximum Gasteiger partial charge on any atom is 0.362 e. The van der Waals surface area contributed by atoms with Gasteiger partial charge < -0.3 is 13.4 Å². The number of hydrogen-bond acceptors (Lipinski definition) is 6. The summed E-state index contributed by atoms with van der Waals surface area (Å²) in [5.74, 6) is -0.958. The normalized spacial score (nSPS) is 11.9. The van der Waals surface area contributed by atoms with E-state index < -0.39 is 17.3 Å². The van der Waals surface area contributed by atoms with Gasteiger partial charge in [-0.1, -0.05) is 0 Å². The lowest BCUT2D eigenvalue weighted by molar-refractivity contribution is 0.552. The van der Waals surface area contributed by atoms with Gasteiger partial charge in [0.1, 0.15) is 27.7 Å². The Kier molecular flexibility index (Phi) is 4.19. The smallest absolute Gasteiger partial charge is 0.362 e. The summed E-state index contributed by atoms with van der Waals surface area (Å²) in [7, 11) is 0. The predicted octanol–water partition coefficient (Wildman–Crippen LogP) is 6.49. The lowest BCUT2D eigenvalue weighted by Crippen LogP contribution is -2.09. The summed E-state index contributed by atoms with van der Waals surface area (Å²) < 4.78 is 42.8. The topological polar surface area (TPSA) is 74.1 Å². The van der Waals surface area contributed by atoms with Gasteiger partial charge >= 0.3 is 5.63 Å². The number of pyridine rings is 1. The van der Waals surface area contributed by atoms with Crippen molar-refractivity contribution in [2.75, 3.05) is 0 Å². The lowest BCUT2D eigenvalue weighted by Gasteiger charge is -2.10. The molecule has 2 aromatic carbocycles. The predicted molar refractivity (Wildman–Crippen MR) is 130 cm³/mol. The Balaban J connectivity index is 1.60. The fourth-order valence-corrected chi connectivity index (χ4v) is 5.34. The highest BCUT2D eigenvalue weighted by molar-refractivity contribution is 7.13. The third-order valence-corrected chi connectivity index (χ3v) is 7.02. The molecule has 0 spiro atoms. The highest BCUT2D eigenvalue weighted by atomic mass is 32.1. The van der Waals surface area contributed by atoms with Gasteiger partial charge in [-0.15, -0.1) is 11.3 Å². The molecule has 0 N–H and O–H groups in total. The van der Waals surface area contributed by atoms with Crippen molar-refractivity contribution in [2.24, 2.45) is 0 Å². The molecular formula is C26H13F2N3O3S. The Hall–Kier alpha value is -4.37. The van der Waals surface area contributed by atoms with E-state index >= 15 is 8.78 Å². The maximum atomic E-state index is 15.1. The van der Waals surface area contributed by atoms with Gasteiger partial charge in [0, 0.05) is 39.7 Å². The molecule has 5 heterocycles. The van der Waals surface area contributed by atoms with E-state index in [1.54, 1.807) is 35.0 Å². The first-order valence-corrected chi connectivity index (χ1v) is 11.6. The number of halogens is 2. The van der Waals surface area contributed by atoms with Gasteiger partial charge in [0.05, 0.1) is 29.1 Å². The monoisotopic (exact) mass is 485 g/mol. The van der Waals surface area contributed by atoms with E-state index in [0.717, 1.165) is 10.6 Å². The van der Waals surface area contributed by atoms with Crippen molar-refractivity contribution in [1.29, 1.82) is 0 Å². The Labute approximate surface area is 198 Å². The summed E-state index contributed by atoms with van der Waals surface area (Å²) >= 11 is 1.44. The number of nitrogens with zero attached hydrogens (tertiary/aromatic N) is 3. The molecule has 0 aliphatic heterocycles. The van der Waals surface area contributed by atoms with Crippen LogP contribution in [0.15, 0.2) is 80.1 Å². The lowest BCUT2D eigenvalue weighted by atomic mass is 10.1. The van der Waals surface area contributed by atoms with Gasteiger partial charge in [0.25, 0.3) is 0 Å². The van der Waals surface area contributed by atoms with Gasteiger partial charge in [0.2, 0.25) is 5.71 Å². The van der Waals surface area contributed by atoms with Crippen LogP contribution in [0.3, 0.4) is 0 Å². The Morgan fingerprint density at radius 1 is 0.971 bits per heavy atom. The van der Waals surface area contributed by atoms with Gasteiger partial charge in [-0.25, -0.2) is 23.5 Å². The highest BCUT2D eigenvalue weighted by Gasteiger charge is 2.24. The molecule has 170 valence electrons. The molecule has 9 heteroatoms. The van der Waals surface area contributed by atoms with Gasteiger partial charge in [-0.2, -0.15) is 0 Å². The summed E-state index contributed by atoms with van der Waals surface area (Å²) in [6.07, 6.45) is 4.61. The molecule has 5 aromatic heterocycles. The summed E-state index contributed by atoms with van der Waals surface area (Å²) in [5, 5.41) is 4.52. The zero-order valence-corrected chi connectivity index (χ0v) is 18.6. The number of fused-ring (bicyclic) bond motifs is 7.